The van der Waals surface area contributed by atoms with E-state index in [0.717, 1.165) is 11.4 Å². The van der Waals surface area contributed by atoms with Gasteiger partial charge in [-0.15, -0.1) is 0 Å². The molecule has 0 fully saturated rings. The van der Waals surface area contributed by atoms with Crippen molar-refractivity contribution in [2.45, 2.75) is 25.2 Å². The molecule has 5 heteroatoms. The lowest BCUT2D eigenvalue weighted by Crippen LogP contribution is -2.26. The van der Waals surface area contributed by atoms with Gasteiger partial charge >= 0.3 is 0 Å². The lowest BCUT2D eigenvalue weighted by Gasteiger charge is -2.22. The van der Waals surface area contributed by atoms with Crippen LogP contribution in [0.1, 0.15) is 17.7 Å². The molecule has 0 unspecified atom stereocenters. The zero-order valence-electron chi connectivity index (χ0n) is 9.74. The number of nitrogens with two attached hydrogens (primary N) is 1. The van der Waals surface area contributed by atoms with Crippen LogP contribution in [0.2, 0.25) is 0 Å². The third-order valence-corrected chi connectivity index (χ3v) is 3.28. The van der Waals surface area contributed by atoms with Gasteiger partial charge in [0.2, 0.25) is 0 Å². The van der Waals surface area contributed by atoms with Crippen LogP contribution in [0.5, 0.6) is 0 Å². The Labute approximate surface area is 103 Å². The van der Waals surface area contributed by atoms with Gasteiger partial charge in [0.15, 0.2) is 0 Å². The number of nitrogens with zero attached hydrogens (tertiary/aromatic N) is 2. The summed E-state index contributed by atoms with van der Waals surface area (Å²) in [4.78, 5) is 0. The molecular formula is C13H13F2N3. The average molecular weight is 249 g/mol. The number of nitrogen functional groups attached to an aromatic ring is 1. The molecule has 1 aromatic carbocycles. The second-order valence-corrected chi connectivity index (χ2v) is 4.59. The zero-order valence-corrected chi connectivity index (χ0v) is 9.74. The summed E-state index contributed by atoms with van der Waals surface area (Å²) >= 11 is 0. The van der Waals surface area contributed by atoms with E-state index in [-0.39, 0.29) is 18.7 Å². The number of para-hydroxylation sites is 1. The van der Waals surface area contributed by atoms with E-state index in [9.17, 15) is 8.78 Å². The molecule has 18 heavy (non-hydrogen) atoms. The van der Waals surface area contributed by atoms with Crippen LogP contribution in [-0.4, -0.2) is 15.7 Å². The number of hydrogen-bond donors (Lipinski definition) is 1. The topological polar surface area (TPSA) is 43.8 Å². The maximum absolute atomic E-state index is 13.4. The van der Waals surface area contributed by atoms with Crippen LogP contribution in [0.3, 0.4) is 0 Å². The minimum absolute atomic E-state index is 0.141. The molecule has 0 atom stereocenters. The van der Waals surface area contributed by atoms with Crippen LogP contribution >= 0.6 is 0 Å². The molecule has 3 rings (SSSR count). The highest BCUT2D eigenvalue weighted by atomic mass is 19.3. The summed E-state index contributed by atoms with van der Waals surface area (Å²) in [5, 5.41) is 4.19. The van der Waals surface area contributed by atoms with Gasteiger partial charge in [0.1, 0.15) is 5.82 Å². The first kappa shape index (κ1) is 11.2. The molecule has 0 amide bonds. The maximum Gasteiger partial charge on any atom is 0.252 e. The van der Waals surface area contributed by atoms with E-state index in [1.54, 1.807) is 4.68 Å². The molecule has 1 heterocycles. The Hall–Kier alpha value is -1.91. The lowest BCUT2D eigenvalue weighted by molar-refractivity contribution is -0.0125. The van der Waals surface area contributed by atoms with Gasteiger partial charge in [0, 0.05) is 18.4 Å². The first-order valence-corrected chi connectivity index (χ1v) is 5.86. The van der Waals surface area contributed by atoms with Crippen molar-refractivity contribution in [2.75, 3.05) is 5.73 Å². The number of alkyl halides is 2. The van der Waals surface area contributed by atoms with Crippen molar-refractivity contribution < 1.29 is 8.78 Å². The third kappa shape index (κ3) is 1.75. The van der Waals surface area contributed by atoms with Crippen LogP contribution in [0.4, 0.5) is 14.6 Å². The molecular weight excluding hydrogens is 236 g/mol. The fraction of sp³-hybridized carbons (Fsp3) is 0.308. The van der Waals surface area contributed by atoms with Crippen LogP contribution in [0.25, 0.3) is 5.69 Å². The Bertz CT molecular complexity index is 575. The summed E-state index contributed by atoms with van der Waals surface area (Å²) in [6.07, 6.45) is -0.138. The van der Waals surface area contributed by atoms with Gasteiger partial charge in [-0.05, 0) is 18.6 Å². The van der Waals surface area contributed by atoms with E-state index < -0.39 is 5.92 Å². The molecule has 0 spiro atoms. The monoisotopic (exact) mass is 249 g/mol. The average Bonchev–Trinajstić information content (AvgIpc) is 2.66. The van der Waals surface area contributed by atoms with Gasteiger partial charge in [0.25, 0.3) is 5.92 Å². The van der Waals surface area contributed by atoms with E-state index >= 15 is 0 Å². The lowest BCUT2D eigenvalue weighted by atomic mass is 9.94. The van der Waals surface area contributed by atoms with Gasteiger partial charge in [-0.3, -0.25) is 0 Å². The van der Waals surface area contributed by atoms with Crippen molar-refractivity contribution >= 4 is 5.82 Å². The van der Waals surface area contributed by atoms with Crippen molar-refractivity contribution in [3.63, 3.8) is 0 Å². The highest BCUT2D eigenvalue weighted by Crippen LogP contribution is 2.36. The fourth-order valence-electron chi connectivity index (χ4n) is 2.38. The molecule has 0 bridgehead atoms. The minimum atomic E-state index is -2.66. The molecule has 1 aliphatic rings. The summed E-state index contributed by atoms with van der Waals surface area (Å²) in [6, 6.07) is 9.45. The standard InChI is InChI=1S/C13H13F2N3/c14-13(15)7-6-11-10(8-13)12(16)17-18(11)9-4-2-1-3-5-9/h1-5H,6-8H2,(H2,16,17). The highest BCUT2D eigenvalue weighted by molar-refractivity contribution is 5.49. The largest absolute Gasteiger partial charge is 0.382 e. The molecule has 0 radical (unpaired) electrons. The Morgan fingerprint density at radius 1 is 1.22 bits per heavy atom. The molecule has 0 aliphatic heterocycles. The van der Waals surface area contributed by atoms with E-state index in [0.29, 0.717) is 12.0 Å². The summed E-state index contributed by atoms with van der Waals surface area (Å²) < 4.78 is 28.4. The predicted molar refractivity (Wildman–Crippen MR) is 64.9 cm³/mol. The SMILES string of the molecule is Nc1nn(-c2ccccc2)c2c1CC(F)(F)CC2. The maximum atomic E-state index is 13.4. The second-order valence-electron chi connectivity index (χ2n) is 4.59. The number of fused-ring (bicyclic) bond motifs is 1. The van der Waals surface area contributed by atoms with Gasteiger partial charge in [0.05, 0.1) is 11.4 Å². The van der Waals surface area contributed by atoms with Crippen LogP contribution in [-0.2, 0) is 12.8 Å². The summed E-state index contributed by atoms with van der Waals surface area (Å²) in [6.45, 7) is 0. The number of anilines is 1. The van der Waals surface area contributed by atoms with Crippen molar-refractivity contribution in [1.29, 1.82) is 0 Å². The van der Waals surface area contributed by atoms with E-state index in [1.165, 1.54) is 0 Å². The Morgan fingerprint density at radius 2 is 1.94 bits per heavy atom. The Balaban J connectivity index is 2.10. The molecule has 94 valence electrons. The Kier molecular flexibility index (Phi) is 2.36. The third-order valence-electron chi connectivity index (χ3n) is 3.28. The second kappa shape index (κ2) is 3.80. The minimum Gasteiger partial charge on any atom is -0.382 e. The van der Waals surface area contributed by atoms with Crippen molar-refractivity contribution in [1.82, 2.24) is 9.78 Å². The zero-order chi connectivity index (χ0) is 12.8. The number of benzene rings is 1. The first-order chi connectivity index (χ1) is 8.57. The summed E-state index contributed by atoms with van der Waals surface area (Å²) in [5.41, 5.74) is 7.92. The van der Waals surface area contributed by atoms with Crippen molar-refractivity contribution in [3.05, 3.63) is 41.6 Å². The molecule has 1 aromatic heterocycles. The first-order valence-electron chi connectivity index (χ1n) is 5.86. The molecule has 0 saturated carbocycles. The van der Waals surface area contributed by atoms with Gasteiger partial charge in [-0.2, -0.15) is 5.10 Å². The van der Waals surface area contributed by atoms with Crippen LogP contribution in [0.15, 0.2) is 30.3 Å². The van der Waals surface area contributed by atoms with Crippen molar-refractivity contribution in [2.24, 2.45) is 0 Å². The van der Waals surface area contributed by atoms with E-state index in [1.807, 2.05) is 30.3 Å². The molecule has 3 nitrogen and oxygen atoms in total. The van der Waals surface area contributed by atoms with Gasteiger partial charge < -0.3 is 5.73 Å². The summed E-state index contributed by atoms with van der Waals surface area (Å²) in [5.74, 6) is -2.45. The number of hydrogen-bond acceptors (Lipinski definition) is 2. The molecule has 2 N–H and O–H groups in total. The summed E-state index contributed by atoms with van der Waals surface area (Å²) in [7, 11) is 0. The molecule has 0 saturated heterocycles. The Morgan fingerprint density at radius 3 is 2.67 bits per heavy atom. The van der Waals surface area contributed by atoms with Crippen molar-refractivity contribution in [3.8, 4) is 5.69 Å². The quantitative estimate of drug-likeness (QED) is 0.844. The predicted octanol–water partition coefficient (Wildman–Crippen LogP) is 2.58. The smallest absolute Gasteiger partial charge is 0.252 e. The van der Waals surface area contributed by atoms with E-state index in [2.05, 4.69) is 5.10 Å². The van der Waals surface area contributed by atoms with Gasteiger partial charge in [-0.1, -0.05) is 18.2 Å². The van der Waals surface area contributed by atoms with Crippen LogP contribution in [0, 0.1) is 0 Å². The molecule has 1 aliphatic carbocycles. The number of rotatable bonds is 1. The molecule has 2 aromatic rings. The normalized spacial score (nSPS) is 17.4. The van der Waals surface area contributed by atoms with E-state index in [4.69, 9.17) is 5.73 Å². The van der Waals surface area contributed by atoms with Crippen LogP contribution < -0.4 is 5.73 Å². The fourth-order valence-corrected chi connectivity index (χ4v) is 2.38. The number of halogens is 2. The van der Waals surface area contributed by atoms with Gasteiger partial charge in [-0.25, -0.2) is 13.5 Å². The number of aromatic nitrogens is 2. The highest BCUT2D eigenvalue weighted by Gasteiger charge is 2.37.